The van der Waals surface area contributed by atoms with Crippen LogP contribution in [0.1, 0.15) is 43.7 Å². The molecular formula is C17H21NO3. The highest BCUT2D eigenvalue weighted by Crippen LogP contribution is 2.61. The number of aliphatic carboxylic acids is 1. The Balaban J connectivity index is 1.61. The summed E-state index contributed by atoms with van der Waals surface area (Å²) >= 11 is 0. The Hall–Kier alpha value is -1.84. The zero-order chi connectivity index (χ0) is 15.0. The lowest BCUT2D eigenvalue weighted by Gasteiger charge is -2.15. The minimum atomic E-state index is -0.816. The van der Waals surface area contributed by atoms with Gasteiger partial charge in [-0.1, -0.05) is 24.3 Å². The van der Waals surface area contributed by atoms with Gasteiger partial charge in [-0.15, -0.1) is 0 Å². The summed E-state index contributed by atoms with van der Waals surface area (Å²) in [6, 6.07) is 8.34. The number of carbonyl (C=O) groups is 2. The maximum Gasteiger partial charge on any atom is 0.303 e. The van der Waals surface area contributed by atoms with Crippen LogP contribution in [0.25, 0.3) is 0 Å². The van der Waals surface area contributed by atoms with Crippen LogP contribution in [0.3, 0.4) is 0 Å². The molecule has 0 saturated heterocycles. The lowest BCUT2D eigenvalue weighted by Crippen LogP contribution is -2.35. The number of carboxylic acids is 1. The number of hydrogen-bond acceptors (Lipinski definition) is 2. The highest BCUT2D eigenvalue weighted by atomic mass is 16.4. The van der Waals surface area contributed by atoms with E-state index in [1.807, 2.05) is 6.92 Å². The van der Waals surface area contributed by atoms with E-state index in [0.29, 0.717) is 6.42 Å². The van der Waals surface area contributed by atoms with Crippen LogP contribution in [0, 0.1) is 5.92 Å². The monoisotopic (exact) mass is 287 g/mol. The summed E-state index contributed by atoms with van der Waals surface area (Å²) < 4.78 is 0. The number of benzene rings is 1. The number of carboxylic acid groups (broad SMARTS) is 1. The van der Waals surface area contributed by atoms with Crippen LogP contribution >= 0.6 is 0 Å². The minimum absolute atomic E-state index is 0.0627. The molecule has 2 aliphatic rings. The van der Waals surface area contributed by atoms with Crippen molar-refractivity contribution in [2.45, 2.75) is 50.5 Å². The molecule has 0 aromatic heterocycles. The first kappa shape index (κ1) is 14.1. The van der Waals surface area contributed by atoms with E-state index in [9.17, 15) is 9.59 Å². The van der Waals surface area contributed by atoms with Gasteiger partial charge in [-0.05, 0) is 43.7 Å². The maximum atomic E-state index is 12.4. The molecule has 2 N–H and O–H groups in total. The Bertz CT molecular complexity index is 583. The highest BCUT2D eigenvalue weighted by Gasteiger charge is 2.61. The van der Waals surface area contributed by atoms with Crippen molar-refractivity contribution in [2.24, 2.45) is 5.92 Å². The van der Waals surface area contributed by atoms with Crippen LogP contribution in [-0.2, 0) is 21.4 Å². The molecule has 3 atom stereocenters. The van der Waals surface area contributed by atoms with Crippen LogP contribution in [-0.4, -0.2) is 23.0 Å². The van der Waals surface area contributed by atoms with E-state index >= 15 is 0 Å². The zero-order valence-corrected chi connectivity index (χ0v) is 12.3. The Labute approximate surface area is 124 Å². The lowest BCUT2D eigenvalue weighted by molar-refractivity contribution is -0.137. The van der Waals surface area contributed by atoms with Crippen molar-refractivity contribution in [2.75, 3.05) is 0 Å². The smallest absolute Gasteiger partial charge is 0.303 e. The third kappa shape index (κ3) is 2.55. The molecular weight excluding hydrogens is 266 g/mol. The fourth-order valence-corrected chi connectivity index (χ4v) is 3.69. The van der Waals surface area contributed by atoms with Gasteiger partial charge in [-0.2, -0.15) is 0 Å². The Kier molecular flexibility index (Phi) is 3.47. The first-order chi connectivity index (χ1) is 10.0. The summed E-state index contributed by atoms with van der Waals surface area (Å²) in [5, 5.41) is 11.7. The number of aryl methyl sites for hydroxylation is 1. The average Bonchev–Trinajstić information content (AvgIpc) is 3.07. The van der Waals surface area contributed by atoms with Gasteiger partial charge >= 0.3 is 5.97 Å². The number of hydrogen-bond donors (Lipinski definition) is 2. The topological polar surface area (TPSA) is 66.4 Å². The van der Waals surface area contributed by atoms with Gasteiger partial charge in [0.1, 0.15) is 0 Å². The summed E-state index contributed by atoms with van der Waals surface area (Å²) in [5.74, 6) is -0.665. The van der Waals surface area contributed by atoms with Crippen molar-refractivity contribution in [3.8, 4) is 0 Å². The molecule has 2 aliphatic carbocycles. The molecule has 3 rings (SSSR count). The predicted octanol–water partition coefficient (Wildman–Crippen LogP) is 2.26. The number of nitrogens with one attached hydrogen (secondary N) is 1. The molecule has 4 nitrogen and oxygen atoms in total. The third-order valence-corrected chi connectivity index (χ3v) is 4.97. The summed E-state index contributed by atoms with van der Waals surface area (Å²) in [5.41, 5.74) is 2.79. The van der Waals surface area contributed by atoms with E-state index in [1.54, 1.807) is 0 Å². The van der Waals surface area contributed by atoms with Crippen molar-refractivity contribution in [1.29, 1.82) is 0 Å². The van der Waals surface area contributed by atoms with Gasteiger partial charge in [0.2, 0.25) is 5.91 Å². The fraction of sp³-hybridized carbons (Fsp3) is 0.529. The van der Waals surface area contributed by atoms with E-state index in [-0.39, 0.29) is 29.7 Å². The molecule has 4 heteroatoms. The van der Waals surface area contributed by atoms with Crippen molar-refractivity contribution in [3.63, 3.8) is 0 Å². The van der Waals surface area contributed by atoms with Gasteiger partial charge in [0.25, 0.3) is 0 Å². The molecule has 3 unspecified atom stereocenters. The van der Waals surface area contributed by atoms with Crippen molar-refractivity contribution < 1.29 is 14.7 Å². The van der Waals surface area contributed by atoms with E-state index < -0.39 is 5.97 Å². The molecule has 1 saturated carbocycles. The first-order valence-electron chi connectivity index (χ1n) is 7.63. The van der Waals surface area contributed by atoms with Crippen molar-refractivity contribution in [3.05, 3.63) is 35.4 Å². The molecule has 0 bridgehead atoms. The van der Waals surface area contributed by atoms with Crippen LogP contribution in [0.5, 0.6) is 0 Å². The van der Waals surface area contributed by atoms with Gasteiger partial charge in [-0.3, -0.25) is 9.59 Å². The molecule has 1 aromatic rings. The van der Waals surface area contributed by atoms with Crippen molar-refractivity contribution >= 4 is 11.9 Å². The van der Waals surface area contributed by atoms with Crippen molar-refractivity contribution in [1.82, 2.24) is 5.32 Å². The first-order valence-corrected chi connectivity index (χ1v) is 7.63. The maximum absolute atomic E-state index is 12.4. The Morgan fingerprint density at radius 2 is 2.19 bits per heavy atom. The molecule has 21 heavy (non-hydrogen) atoms. The van der Waals surface area contributed by atoms with Crippen LogP contribution in [0.2, 0.25) is 0 Å². The number of carbonyl (C=O) groups excluding carboxylic acids is 1. The molecule has 0 aliphatic heterocycles. The van der Waals surface area contributed by atoms with Gasteiger partial charge in [0, 0.05) is 23.8 Å². The molecule has 1 aromatic carbocycles. The van der Waals surface area contributed by atoms with E-state index in [4.69, 9.17) is 5.11 Å². The zero-order valence-electron chi connectivity index (χ0n) is 12.3. The van der Waals surface area contributed by atoms with Gasteiger partial charge in [0.05, 0.1) is 0 Å². The molecule has 1 fully saturated rings. The third-order valence-electron chi connectivity index (χ3n) is 4.97. The summed E-state index contributed by atoms with van der Waals surface area (Å²) in [4.78, 5) is 22.9. The molecule has 0 radical (unpaired) electrons. The second-order valence-corrected chi connectivity index (χ2v) is 6.41. The Morgan fingerprint density at radius 3 is 2.95 bits per heavy atom. The fourth-order valence-electron chi connectivity index (χ4n) is 3.69. The number of fused-ring (bicyclic) bond motifs is 2. The largest absolute Gasteiger partial charge is 0.481 e. The SMILES string of the molecule is CC(CCC(=O)O)NC(=O)C1CC12CCc1ccccc12. The van der Waals surface area contributed by atoms with E-state index in [1.165, 1.54) is 11.1 Å². The molecule has 1 amide bonds. The molecule has 1 spiro atoms. The standard InChI is InChI=1S/C17H21NO3/c1-11(6-7-15(19)20)18-16(21)14-10-17(14)9-8-12-4-2-3-5-13(12)17/h2-5,11,14H,6-10H2,1H3,(H,18,21)(H,19,20). The number of amides is 1. The molecule has 0 heterocycles. The van der Waals surface area contributed by atoms with E-state index in [0.717, 1.165) is 19.3 Å². The molecule has 112 valence electrons. The van der Waals surface area contributed by atoms with Gasteiger partial charge in [0.15, 0.2) is 0 Å². The second-order valence-electron chi connectivity index (χ2n) is 6.41. The van der Waals surface area contributed by atoms with Gasteiger partial charge in [-0.25, -0.2) is 0 Å². The highest BCUT2D eigenvalue weighted by molar-refractivity contribution is 5.85. The quantitative estimate of drug-likeness (QED) is 0.873. The second kappa shape index (κ2) is 5.17. The average molecular weight is 287 g/mol. The summed E-state index contributed by atoms with van der Waals surface area (Å²) in [6.45, 7) is 1.87. The van der Waals surface area contributed by atoms with Crippen LogP contribution < -0.4 is 5.32 Å². The normalized spacial score (nSPS) is 27.2. The Morgan fingerprint density at radius 1 is 1.43 bits per heavy atom. The predicted molar refractivity (Wildman–Crippen MR) is 79.0 cm³/mol. The summed E-state index contributed by atoms with van der Waals surface area (Å²) in [6.07, 6.45) is 3.64. The lowest BCUT2D eigenvalue weighted by atomic mass is 9.95. The van der Waals surface area contributed by atoms with Gasteiger partial charge < -0.3 is 10.4 Å². The minimum Gasteiger partial charge on any atom is -0.481 e. The van der Waals surface area contributed by atoms with Crippen LogP contribution in [0.4, 0.5) is 0 Å². The number of rotatable bonds is 5. The summed E-state index contributed by atoms with van der Waals surface area (Å²) in [7, 11) is 0. The van der Waals surface area contributed by atoms with Crippen LogP contribution in [0.15, 0.2) is 24.3 Å². The van der Waals surface area contributed by atoms with E-state index in [2.05, 4.69) is 29.6 Å².